The summed E-state index contributed by atoms with van der Waals surface area (Å²) in [5.74, 6) is 0.336. The van der Waals surface area contributed by atoms with Crippen molar-refractivity contribution in [2.75, 3.05) is 13.2 Å². The maximum atomic E-state index is 12.0. The van der Waals surface area contributed by atoms with Gasteiger partial charge >= 0.3 is 5.97 Å². The van der Waals surface area contributed by atoms with Gasteiger partial charge < -0.3 is 19.9 Å². The van der Waals surface area contributed by atoms with Gasteiger partial charge in [0.2, 0.25) is 0 Å². The molecule has 2 aromatic carbocycles. The highest BCUT2D eigenvalue weighted by molar-refractivity contribution is 5.70. The fourth-order valence-electron chi connectivity index (χ4n) is 2.71. The number of phenolic OH excluding ortho intramolecular Hbond substituents is 1. The molecule has 0 fully saturated rings. The van der Waals surface area contributed by atoms with Gasteiger partial charge in [0.25, 0.3) is 0 Å². The molecule has 2 rings (SSSR count). The van der Waals surface area contributed by atoms with E-state index in [1.165, 1.54) is 0 Å². The first-order valence-electron chi connectivity index (χ1n) is 8.94. The predicted molar refractivity (Wildman–Crippen MR) is 101 cm³/mol. The molecule has 1 atom stereocenters. The smallest absolute Gasteiger partial charge is 0.307 e. The van der Waals surface area contributed by atoms with Crippen LogP contribution in [0.15, 0.2) is 42.5 Å². The van der Waals surface area contributed by atoms with Crippen molar-refractivity contribution in [2.24, 2.45) is 0 Å². The standard InChI is InChI=1S/C21H27NO4/c1-4-25-19-8-6-7-17(21(19)24)14-22-18(13-20(23)26-5-2)16-11-9-15(3)10-12-16/h6-12,18,22,24H,4-5,13-14H2,1-3H3. The van der Waals surface area contributed by atoms with Crippen LogP contribution in [0.4, 0.5) is 0 Å². The minimum Gasteiger partial charge on any atom is -0.504 e. The number of carbonyl (C=O) groups is 1. The Kier molecular flexibility index (Phi) is 7.48. The SMILES string of the molecule is CCOC(=O)CC(NCc1cccc(OCC)c1O)c1ccc(C)cc1. The van der Waals surface area contributed by atoms with Gasteiger partial charge in [-0.25, -0.2) is 0 Å². The minimum atomic E-state index is -0.252. The third-order valence-corrected chi connectivity index (χ3v) is 4.08. The van der Waals surface area contributed by atoms with Crippen molar-refractivity contribution in [2.45, 2.75) is 39.8 Å². The summed E-state index contributed by atoms with van der Waals surface area (Å²) in [6.07, 6.45) is 0.225. The Morgan fingerprint density at radius 3 is 2.50 bits per heavy atom. The maximum Gasteiger partial charge on any atom is 0.307 e. The van der Waals surface area contributed by atoms with Crippen LogP contribution in [-0.4, -0.2) is 24.3 Å². The molecule has 0 heterocycles. The lowest BCUT2D eigenvalue weighted by Gasteiger charge is -2.20. The average Bonchev–Trinajstić information content (AvgIpc) is 2.62. The normalized spacial score (nSPS) is 11.8. The molecule has 0 aliphatic rings. The molecule has 0 saturated heterocycles. The Morgan fingerprint density at radius 1 is 1.12 bits per heavy atom. The number of hydrogen-bond donors (Lipinski definition) is 2. The molecule has 0 spiro atoms. The number of benzene rings is 2. The van der Waals surface area contributed by atoms with Crippen LogP contribution in [0.2, 0.25) is 0 Å². The molecule has 1 unspecified atom stereocenters. The van der Waals surface area contributed by atoms with Gasteiger partial charge in [-0.1, -0.05) is 42.0 Å². The van der Waals surface area contributed by atoms with E-state index in [0.717, 1.165) is 16.7 Å². The van der Waals surface area contributed by atoms with E-state index in [-0.39, 0.29) is 24.2 Å². The highest BCUT2D eigenvalue weighted by Crippen LogP contribution is 2.30. The summed E-state index contributed by atoms with van der Waals surface area (Å²) in [4.78, 5) is 12.0. The highest BCUT2D eigenvalue weighted by Gasteiger charge is 2.18. The number of phenols is 1. The molecule has 0 amide bonds. The van der Waals surface area contributed by atoms with E-state index in [4.69, 9.17) is 9.47 Å². The van der Waals surface area contributed by atoms with Gasteiger partial charge in [-0.2, -0.15) is 0 Å². The molecule has 2 N–H and O–H groups in total. The molecule has 140 valence electrons. The fourth-order valence-corrected chi connectivity index (χ4v) is 2.71. The number of para-hydroxylation sites is 1. The van der Waals surface area contributed by atoms with Crippen molar-refractivity contribution in [1.29, 1.82) is 0 Å². The van der Waals surface area contributed by atoms with Gasteiger partial charge in [0, 0.05) is 18.2 Å². The maximum absolute atomic E-state index is 12.0. The topological polar surface area (TPSA) is 67.8 Å². The molecule has 0 aromatic heterocycles. The van der Waals surface area contributed by atoms with Crippen LogP contribution < -0.4 is 10.1 Å². The van der Waals surface area contributed by atoms with Gasteiger partial charge in [0.05, 0.1) is 19.6 Å². The predicted octanol–water partition coefficient (Wildman–Crippen LogP) is 3.88. The monoisotopic (exact) mass is 357 g/mol. The lowest BCUT2D eigenvalue weighted by Crippen LogP contribution is -2.24. The molecular formula is C21H27NO4. The number of aromatic hydroxyl groups is 1. The first-order valence-corrected chi connectivity index (χ1v) is 8.94. The number of carbonyl (C=O) groups excluding carboxylic acids is 1. The molecule has 5 nitrogen and oxygen atoms in total. The summed E-state index contributed by atoms with van der Waals surface area (Å²) in [5, 5.41) is 13.7. The first-order chi connectivity index (χ1) is 12.5. The molecular weight excluding hydrogens is 330 g/mol. The average molecular weight is 357 g/mol. The summed E-state index contributed by atoms with van der Waals surface area (Å²) in [5.41, 5.74) is 2.88. The van der Waals surface area contributed by atoms with Gasteiger partial charge in [-0.15, -0.1) is 0 Å². The summed E-state index contributed by atoms with van der Waals surface area (Å²) >= 11 is 0. The Morgan fingerprint density at radius 2 is 1.85 bits per heavy atom. The largest absolute Gasteiger partial charge is 0.504 e. The molecule has 5 heteroatoms. The van der Waals surface area contributed by atoms with Gasteiger partial charge in [0.15, 0.2) is 11.5 Å². The number of esters is 1. The second kappa shape index (κ2) is 9.82. The zero-order valence-corrected chi connectivity index (χ0v) is 15.6. The van der Waals surface area contributed by atoms with Crippen LogP contribution in [0.5, 0.6) is 11.5 Å². The molecule has 2 aromatic rings. The van der Waals surface area contributed by atoms with E-state index in [1.807, 2.05) is 50.2 Å². The zero-order chi connectivity index (χ0) is 18.9. The molecule has 0 saturated carbocycles. The Balaban J connectivity index is 2.15. The Labute approximate surface area is 155 Å². The van der Waals surface area contributed by atoms with Crippen LogP contribution >= 0.6 is 0 Å². The molecule has 0 bridgehead atoms. The Bertz CT molecular complexity index is 712. The third-order valence-electron chi connectivity index (χ3n) is 4.08. The number of nitrogens with one attached hydrogen (secondary N) is 1. The number of rotatable bonds is 9. The molecule has 0 radical (unpaired) electrons. The van der Waals surface area contributed by atoms with E-state index in [0.29, 0.717) is 25.5 Å². The van der Waals surface area contributed by atoms with Crippen molar-refractivity contribution < 1.29 is 19.4 Å². The molecule has 26 heavy (non-hydrogen) atoms. The summed E-state index contributed by atoms with van der Waals surface area (Å²) in [7, 11) is 0. The van der Waals surface area contributed by atoms with E-state index in [2.05, 4.69) is 5.32 Å². The summed E-state index contributed by atoms with van der Waals surface area (Å²) < 4.78 is 10.5. The van der Waals surface area contributed by atoms with E-state index < -0.39 is 0 Å². The van der Waals surface area contributed by atoms with Gasteiger partial charge in [0.1, 0.15) is 0 Å². The Hall–Kier alpha value is -2.53. The second-order valence-electron chi connectivity index (χ2n) is 6.05. The van der Waals surface area contributed by atoms with Crippen molar-refractivity contribution in [3.63, 3.8) is 0 Å². The molecule has 0 aliphatic heterocycles. The van der Waals surface area contributed by atoms with Gasteiger partial charge in [-0.05, 0) is 32.4 Å². The van der Waals surface area contributed by atoms with E-state index >= 15 is 0 Å². The lowest BCUT2D eigenvalue weighted by atomic mass is 10.0. The van der Waals surface area contributed by atoms with E-state index in [9.17, 15) is 9.90 Å². The molecule has 0 aliphatic carbocycles. The number of ether oxygens (including phenoxy) is 2. The van der Waals surface area contributed by atoms with Crippen LogP contribution in [0, 0.1) is 6.92 Å². The number of aryl methyl sites for hydroxylation is 1. The highest BCUT2D eigenvalue weighted by atomic mass is 16.5. The van der Waals surface area contributed by atoms with Crippen molar-refractivity contribution >= 4 is 5.97 Å². The summed E-state index contributed by atoms with van der Waals surface area (Å²) in [6, 6.07) is 13.2. The van der Waals surface area contributed by atoms with E-state index in [1.54, 1.807) is 13.0 Å². The zero-order valence-electron chi connectivity index (χ0n) is 15.6. The van der Waals surface area contributed by atoms with Crippen LogP contribution in [0.25, 0.3) is 0 Å². The van der Waals surface area contributed by atoms with Crippen LogP contribution in [-0.2, 0) is 16.1 Å². The summed E-state index contributed by atoms with van der Waals surface area (Å²) in [6.45, 7) is 6.94. The van der Waals surface area contributed by atoms with Crippen molar-refractivity contribution in [1.82, 2.24) is 5.32 Å². The van der Waals surface area contributed by atoms with Gasteiger partial charge in [-0.3, -0.25) is 4.79 Å². The van der Waals surface area contributed by atoms with Crippen LogP contribution in [0.1, 0.15) is 43.0 Å². The lowest BCUT2D eigenvalue weighted by molar-refractivity contribution is -0.143. The second-order valence-corrected chi connectivity index (χ2v) is 6.05. The van der Waals surface area contributed by atoms with Crippen molar-refractivity contribution in [3.05, 3.63) is 59.2 Å². The number of hydrogen-bond acceptors (Lipinski definition) is 5. The third kappa shape index (κ3) is 5.49. The van der Waals surface area contributed by atoms with Crippen molar-refractivity contribution in [3.8, 4) is 11.5 Å². The quantitative estimate of drug-likeness (QED) is 0.667. The fraction of sp³-hybridized carbons (Fsp3) is 0.381. The first kappa shape index (κ1) is 19.8. The van der Waals surface area contributed by atoms with Crippen LogP contribution in [0.3, 0.4) is 0 Å². The minimum absolute atomic E-state index is 0.126.